The number of ether oxygens (including phenoxy) is 2. The lowest BCUT2D eigenvalue weighted by Gasteiger charge is -2.31. The molecular formula is C20H28N2O4. The van der Waals surface area contributed by atoms with Gasteiger partial charge in [0.15, 0.2) is 0 Å². The standard InChI is InChI=1S/C20H28N2O4/c1-6-25-19(23)16-17(13(4)5)21-20(24)22-18(16)14-8-7-9-15(10-14)26-11-12(2)3/h7-10,12-13,18H,6,11H2,1-5H3,(H2,21,22,24). The number of allylic oxidation sites excluding steroid dienone is 1. The van der Waals surface area contributed by atoms with Gasteiger partial charge in [-0.15, -0.1) is 0 Å². The summed E-state index contributed by atoms with van der Waals surface area (Å²) in [4.78, 5) is 24.7. The third kappa shape index (κ3) is 4.77. The van der Waals surface area contributed by atoms with E-state index in [1.807, 2.05) is 38.1 Å². The third-order valence-corrected chi connectivity index (χ3v) is 3.95. The van der Waals surface area contributed by atoms with E-state index in [4.69, 9.17) is 9.47 Å². The van der Waals surface area contributed by atoms with Crippen molar-refractivity contribution >= 4 is 12.0 Å². The Bertz CT molecular complexity index is 695. The van der Waals surface area contributed by atoms with E-state index >= 15 is 0 Å². The van der Waals surface area contributed by atoms with Crippen molar-refractivity contribution in [3.63, 3.8) is 0 Å². The van der Waals surface area contributed by atoms with Crippen LogP contribution in [0.2, 0.25) is 0 Å². The first-order valence-corrected chi connectivity index (χ1v) is 9.04. The van der Waals surface area contributed by atoms with Gasteiger partial charge in [0, 0.05) is 5.70 Å². The molecule has 142 valence electrons. The van der Waals surface area contributed by atoms with Gasteiger partial charge in [0.25, 0.3) is 0 Å². The van der Waals surface area contributed by atoms with Crippen molar-refractivity contribution in [2.75, 3.05) is 13.2 Å². The Kier molecular flexibility index (Phi) is 6.66. The summed E-state index contributed by atoms with van der Waals surface area (Å²) in [7, 11) is 0. The number of esters is 1. The van der Waals surface area contributed by atoms with Crippen molar-refractivity contribution < 1.29 is 19.1 Å². The molecule has 0 saturated heterocycles. The van der Waals surface area contributed by atoms with Gasteiger partial charge in [-0.05, 0) is 36.5 Å². The van der Waals surface area contributed by atoms with Crippen LogP contribution in [0.15, 0.2) is 35.5 Å². The number of carbonyl (C=O) groups is 2. The predicted octanol–water partition coefficient (Wildman–Crippen LogP) is 3.55. The fourth-order valence-electron chi connectivity index (χ4n) is 2.77. The number of carbonyl (C=O) groups excluding carboxylic acids is 2. The lowest BCUT2D eigenvalue weighted by Crippen LogP contribution is -2.47. The van der Waals surface area contributed by atoms with Crippen molar-refractivity contribution in [1.82, 2.24) is 10.6 Å². The number of rotatable bonds is 7. The van der Waals surface area contributed by atoms with Crippen LogP contribution in [0.1, 0.15) is 46.2 Å². The Morgan fingerprint density at radius 1 is 1.23 bits per heavy atom. The van der Waals surface area contributed by atoms with Crippen molar-refractivity contribution in [3.8, 4) is 5.75 Å². The molecule has 26 heavy (non-hydrogen) atoms. The molecule has 6 nitrogen and oxygen atoms in total. The maximum Gasteiger partial charge on any atom is 0.338 e. The Balaban J connectivity index is 2.43. The van der Waals surface area contributed by atoms with Crippen LogP contribution in [-0.2, 0) is 9.53 Å². The van der Waals surface area contributed by atoms with Gasteiger partial charge in [-0.25, -0.2) is 9.59 Å². The van der Waals surface area contributed by atoms with Gasteiger partial charge in [-0.1, -0.05) is 39.8 Å². The molecule has 0 spiro atoms. The van der Waals surface area contributed by atoms with Crippen LogP contribution in [0.4, 0.5) is 4.79 Å². The molecule has 6 heteroatoms. The molecule has 1 aliphatic heterocycles. The molecule has 1 aliphatic rings. The monoisotopic (exact) mass is 360 g/mol. The Labute approximate surface area is 154 Å². The SMILES string of the molecule is CCOC(=O)C1=C(C(C)C)NC(=O)NC1c1cccc(OCC(C)C)c1. The number of benzene rings is 1. The zero-order valence-corrected chi connectivity index (χ0v) is 16.1. The summed E-state index contributed by atoms with van der Waals surface area (Å²) >= 11 is 0. The molecule has 2 N–H and O–H groups in total. The van der Waals surface area contributed by atoms with E-state index in [9.17, 15) is 9.59 Å². The number of hydrogen-bond acceptors (Lipinski definition) is 4. The number of hydrogen-bond donors (Lipinski definition) is 2. The maximum atomic E-state index is 12.6. The molecule has 0 aliphatic carbocycles. The van der Waals surface area contributed by atoms with Crippen LogP contribution in [0.25, 0.3) is 0 Å². The minimum atomic E-state index is -0.581. The lowest BCUT2D eigenvalue weighted by atomic mass is 9.91. The molecule has 0 saturated carbocycles. The zero-order chi connectivity index (χ0) is 19.3. The average molecular weight is 360 g/mol. The lowest BCUT2D eigenvalue weighted by molar-refractivity contribution is -0.139. The van der Waals surface area contributed by atoms with Gasteiger partial charge < -0.3 is 20.1 Å². The van der Waals surface area contributed by atoms with Crippen molar-refractivity contribution in [2.24, 2.45) is 11.8 Å². The number of amides is 2. The van der Waals surface area contributed by atoms with Crippen molar-refractivity contribution in [3.05, 3.63) is 41.1 Å². The van der Waals surface area contributed by atoms with Crippen molar-refractivity contribution in [1.29, 1.82) is 0 Å². The fourth-order valence-corrected chi connectivity index (χ4v) is 2.77. The Hall–Kier alpha value is -2.50. The van der Waals surface area contributed by atoms with Crippen LogP contribution < -0.4 is 15.4 Å². The van der Waals surface area contributed by atoms with Gasteiger partial charge in [-0.3, -0.25) is 0 Å². The highest BCUT2D eigenvalue weighted by molar-refractivity contribution is 5.95. The van der Waals surface area contributed by atoms with E-state index in [2.05, 4.69) is 24.5 Å². The van der Waals surface area contributed by atoms with Gasteiger partial charge >= 0.3 is 12.0 Å². The molecule has 0 aromatic heterocycles. The Morgan fingerprint density at radius 3 is 2.58 bits per heavy atom. The maximum absolute atomic E-state index is 12.6. The predicted molar refractivity (Wildman–Crippen MR) is 99.7 cm³/mol. The third-order valence-electron chi connectivity index (χ3n) is 3.95. The second-order valence-electron chi connectivity index (χ2n) is 7.01. The molecular weight excluding hydrogens is 332 g/mol. The second-order valence-corrected chi connectivity index (χ2v) is 7.01. The Morgan fingerprint density at radius 2 is 1.96 bits per heavy atom. The minimum absolute atomic E-state index is 0.0247. The van der Waals surface area contributed by atoms with Crippen LogP contribution in [-0.4, -0.2) is 25.2 Å². The summed E-state index contributed by atoms with van der Waals surface area (Å²) in [6.45, 7) is 10.6. The molecule has 1 unspecified atom stereocenters. The van der Waals surface area contributed by atoms with E-state index in [1.54, 1.807) is 6.92 Å². The summed E-state index contributed by atoms with van der Waals surface area (Å²) in [5, 5.41) is 5.59. The largest absolute Gasteiger partial charge is 0.493 e. The first kappa shape index (κ1) is 19.8. The molecule has 0 bridgehead atoms. The molecule has 1 aromatic rings. The smallest absolute Gasteiger partial charge is 0.338 e. The van der Waals surface area contributed by atoms with Gasteiger partial charge in [0.2, 0.25) is 0 Å². The quantitative estimate of drug-likeness (QED) is 0.729. The topological polar surface area (TPSA) is 76.7 Å². The molecule has 2 rings (SSSR count). The molecule has 2 amide bonds. The summed E-state index contributed by atoms with van der Waals surface area (Å²) in [5.41, 5.74) is 1.80. The highest BCUT2D eigenvalue weighted by Gasteiger charge is 2.34. The van der Waals surface area contributed by atoms with Gasteiger partial charge in [-0.2, -0.15) is 0 Å². The second kappa shape index (κ2) is 8.74. The van der Waals surface area contributed by atoms with Crippen LogP contribution >= 0.6 is 0 Å². The number of urea groups is 1. The van der Waals surface area contributed by atoms with Gasteiger partial charge in [0.05, 0.1) is 24.8 Å². The molecule has 0 radical (unpaired) electrons. The summed E-state index contributed by atoms with van der Waals surface area (Å²) in [5.74, 6) is 0.656. The first-order chi connectivity index (χ1) is 12.3. The number of nitrogens with one attached hydrogen (secondary N) is 2. The zero-order valence-electron chi connectivity index (χ0n) is 16.1. The summed E-state index contributed by atoms with van der Waals surface area (Å²) in [6, 6.07) is 6.54. The minimum Gasteiger partial charge on any atom is -0.493 e. The summed E-state index contributed by atoms with van der Waals surface area (Å²) in [6.07, 6.45) is 0. The van der Waals surface area contributed by atoms with E-state index in [0.29, 0.717) is 29.5 Å². The summed E-state index contributed by atoms with van der Waals surface area (Å²) < 4.78 is 11.0. The highest BCUT2D eigenvalue weighted by Crippen LogP contribution is 2.32. The molecule has 1 atom stereocenters. The van der Waals surface area contributed by atoms with E-state index in [-0.39, 0.29) is 18.6 Å². The highest BCUT2D eigenvalue weighted by atomic mass is 16.5. The normalized spacial score (nSPS) is 17.2. The fraction of sp³-hybridized carbons (Fsp3) is 0.500. The van der Waals surface area contributed by atoms with Crippen LogP contribution in [0.3, 0.4) is 0 Å². The average Bonchev–Trinajstić information content (AvgIpc) is 2.59. The van der Waals surface area contributed by atoms with Crippen molar-refractivity contribution in [2.45, 2.75) is 40.7 Å². The van der Waals surface area contributed by atoms with Crippen LogP contribution in [0, 0.1) is 11.8 Å². The van der Waals surface area contributed by atoms with Crippen LogP contribution in [0.5, 0.6) is 5.75 Å². The molecule has 1 heterocycles. The van der Waals surface area contributed by atoms with E-state index < -0.39 is 12.0 Å². The molecule has 1 aromatic carbocycles. The van der Waals surface area contributed by atoms with Gasteiger partial charge in [0.1, 0.15) is 5.75 Å². The van der Waals surface area contributed by atoms with E-state index in [1.165, 1.54) is 0 Å². The molecule has 0 fully saturated rings. The first-order valence-electron chi connectivity index (χ1n) is 9.04. The van der Waals surface area contributed by atoms with E-state index in [0.717, 1.165) is 5.56 Å².